The molecule has 7 nitrogen and oxygen atoms in total. The molecule has 1 amide bonds. The Morgan fingerprint density at radius 1 is 1.52 bits per heavy atom. The Morgan fingerprint density at radius 3 is 2.93 bits per heavy atom. The standard InChI is InChI=1S/C17H18N5O2S2.Y/c1-3-14(23)12-4-5-15(20-10-12)22-16(24)13(18-2)11-21(22)7-9-26-17-19-6-8-25-17;/h4-6,10,13-14,23H,3,7,9,11H2,1H3;/q-1;. The number of nitrogens with zero attached hydrogens (tertiary/aromatic N) is 5. The summed E-state index contributed by atoms with van der Waals surface area (Å²) in [6.07, 6.45) is 3.26. The predicted octanol–water partition coefficient (Wildman–Crippen LogP) is 2.42. The average molecular weight is 477 g/mol. The molecule has 1 fully saturated rings. The molecule has 1 radical (unpaired) electrons. The first kappa shape index (κ1) is 22.4. The van der Waals surface area contributed by atoms with Crippen LogP contribution in [0.2, 0.25) is 0 Å². The van der Waals surface area contributed by atoms with Crippen LogP contribution in [-0.4, -0.2) is 50.9 Å². The summed E-state index contributed by atoms with van der Waals surface area (Å²) in [5.41, 5.74) is 0.715. The van der Waals surface area contributed by atoms with Gasteiger partial charge >= 0.3 is 11.9 Å². The van der Waals surface area contributed by atoms with Gasteiger partial charge in [0.2, 0.25) is 0 Å². The maximum atomic E-state index is 12.6. The number of rotatable bonds is 7. The van der Waals surface area contributed by atoms with Gasteiger partial charge in [-0.15, -0.1) is 0 Å². The maximum absolute atomic E-state index is 12.6. The zero-order chi connectivity index (χ0) is 18.5. The number of hydrogen-bond acceptors (Lipinski definition) is 7. The average Bonchev–Trinajstić information content (AvgIpc) is 3.29. The van der Waals surface area contributed by atoms with E-state index in [0.717, 1.165) is 10.1 Å². The summed E-state index contributed by atoms with van der Waals surface area (Å²) in [7, 11) is 0. The third kappa shape index (κ3) is 5.34. The summed E-state index contributed by atoms with van der Waals surface area (Å²) in [4.78, 5) is 24.5. The number of thiazole rings is 1. The van der Waals surface area contributed by atoms with Crippen LogP contribution in [-0.2, 0) is 37.5 Å². The minimum Gasteiger partial charge on any atom is -0.388 e. The second-order valence-electron chi connectivity index (χ2n) is 5.67. The topological polar surface area (TPSA) is 73.9 Å². The molecule has 1 aliphatic heterocycles. The fourth-order valence-electron chi connectivity index (χ4n) is 2.63. The fraction of sp³-hybridized carbons (Fsp3) is 0.412. The molecule has 0 bridgehead atoms. The quantitative estimate of drug-likeness (QED) is 0.488. The maximum Gasteiger partial charge on any atom is 0.327 e. The molecule has 1 saturated heterocycles. The number of aromatic nitrogens is 2. The van der Waals surface area contributed by atoms with Crippen LogP contribution in [0, 0.1) is 12.0 Å². The molecule has 3 rings (SSSR count). The normalized spacial score (nSPS) is 18.2. The van der Waals surface area contributed by atoms with Crippen LogP contribution in [0.25, 0.3) is 4.85 Å². The van der Waals surface area contributed by atoms with E-state index in [9.17, 15) is 9.90 Å². The Labute approximate surface area is 191 Å². The van der Waals surface area contributed by atoms with Crippen molar-refractivity contribution >= 4 is 34.8 Å². The molecule has 2 unspecified atom stereocenters. The number of hydrazine groups is 1. The molecule has 2 atom stereocenters. The van der Waals surface area contributed by atoms with Gasteiger partial charge in [0.1, 0.15) is 6.54 Å². The summed E-state index contributed by atoms with van der Waals surface area (Å²) >= 11 is 3.05. The molecule has 0 spiro atoms. The van der Waals surface area contributed by atoms with Crippen LogP contribution in [0.5, 0.6) is 0 Å². The van der Waals surface area contributed by atoms with Crippen molar-refractivity contribution in [1.82, 2.24) is 15.0 Å². The van der Waals surface area contributed by atoms with Crippen molar-refractivity contribution in [1.29, 1.82) is 0 Å². The number of aliphatic hydroxyl groups excluding tert-OH is 1. The predicted molar refractivity (Wildman–Crippen MR) is 101 cm³/mol. The first-order chi connectivity index (χ1) is 12.6. The van der Waals surface area contributed by atoms with E-state index in [-0.39, 0.29) is 38.6 Å². The summed E-state index contributed by atoms with van der Waals surface area (Å²) < 4.78 is 0.930. The minimum absolute atomic E-state index is 0. The van der Waals surface area contributed by atoms with Gasteiger partial charge < -0.3 is 26.3 Å². The molecule has 10 heteroatoms. The Balaban J connectivity index is 0.00000261. The van der Waals surface area contributed by atoms with Crippen molar-refractivity contribution in [2.45, 2.75) is 29.8 Å². The number of pyridine rings is 1. The summed E-state index contributed by atoms with van der Waals surface area (Å²) in [6.45, 7) is 10.1. The third-order valence-corrected chi connectivity index (χ3v) is 5.87. The third-order valence-electron chi connectivity index (χ3n) is 4.02. The van der Waals surface area contributed by atoms with E-state index >= 15 is 0 Å². The fourth-order valence-corrected chi connectivity index (χ4v) is 4.17. The number of carbonyl (C=O) groups excluding carboxylic acids is 1. The Hall–Kier alpha value is -0.886. The van der Waals surface area contributed by atoms with Gasteiger partial charge in [-0.25, -0.2) is 21.6 Å². The molecule has 0 saturated carbocycles. The largest absolute Gasteiger partial charge is 0.388 e. The molecule has 2 aromatic heterocycles. The van der Waals surface area contributed by atoms with Crippen LogP contribution < -0.4 is 5.01 Å². The van der Waals surface area contributed by atoms with Crippen LogP contribution >= 0.6 is 23.1 Å². The first-order valence-corrected chi connectivity index (χ1v) is 9.98. The van der Waals surface area contributed by atoms with E-state index in [1.54, 1.807) is 36.3 Å². The number of amides is 1. The molecule has 2 aromatic rings. The summed E-state index contributed by atoms with van der Waals surface area (Å²) in [5.74, 6) is 0.951. The number of hydrogen-bond donors (Lipinski definition) is 1. The molecule has 0 aliphatic carbocycles. The van der Waals surface area contributed by atoms with E-state index in [4.69, 9.17) is 6.57 Å². The number of carbonyl (C=O) groups is 1. The number of thioether (sulfide) groups is 1. The monoisotopic (exact) mass is 477 g/mol. The molecule has 1 aliphatic rings. The second kappa shape index (κ2) is 10.6. The van der Waals surface area contributed by atoms with Gasteiger partial charge in [0, 0.05) is 45.5 Å². The summed E-state index contributed by atoms with van der Waals surface area (Å²) in [6, 6.07) is 2.78. The van der Waals surface area contributed by atoms with Gasteiger partial charge in [-0.05, 0) is 28.1 Å². The molecule has 139 valence electrons. The van der Waals surface area contributed by atoms with Crippen molar-refractivity contribution in [3.63, 3.8) is 0 Å². The Kier molecular flexibility index (Phi) is 8.80. The van der Waals surface area contributed by atoms with E-state index in [1.165, 1.54) is 16.3 Å². The Morgan fingerprint density at radius 2 is 2.33 bits per heavy atom. The van der Waals surface area contributed by atoms with Gasteiger partial charge in [-0.3, -0.25) is 4.79 Å². The van der Waals surface area contributed by atoms with E-state index in [1.807, 2.05) is 11.9 Å². The summed E-state index contributed by atoms with van der Waals surface area (Å²) in [5, 5.41) is 16.2. The number of anilines is 1. The molecule has 1 N–H and O–H groups in total. The Bertz CT molecular complexity index is 782. The van der Waals surface area contributed by atoms with Crippen molar-refractivity contribution < 1.29 is 42.6 Å². The van der Waals surface area contributed by atoms with Crippen molar-refractivity contribution in [2.24, 2.45) is 0 Å². The van der Waals surface area contributed by atoms with E-state index < -0.39 is 12.1 Å². The van der Waals surface area contributed by atoms with Gasteiger partial charge in [0.05, 0.1) is 6.10 Å². The van der Waals surface area contributed by atoms with Crippen LogP contribution in [0.1, 0.15) is 25.0 Å². The zero-order valence-electron chi connectivity index (χ0n) is 14.8. The van der Waals surface area contributed by atoms with Gasteiger partial charge in [0.15, 0.2) is 5.82 Å². The van der Waals surface area contributed by atoms with Crippen LogP contribution in [0.3, 0.4) is 0 Å². The van der Waals surface area contributed by atoms with Gasteiger partial charge in [0.25, 0.3) is 0 Å². The number of aliphatic hydroxyl groups is 1. The zero-order valence-corrected chi connectivity index (χ0v) is 19.2. The van der Waals surface area contributed by atoms with Crippen molar-refractivity contribution in [3.8, 4) is 0 Å². The van der Waals surface area contributed by atoms with Crippen molar-refractivity contribution in [2.75, 3.05) is 23.9 Å². The molecule has 27 heavy (non-hydrogen) atoms. The second-order valence-corrected chi connectivity index (χ2v) is 7.84. The first-order valence-electron chi connectivity index (χ1n) is 8.18. The van der Waals surface area contributed by atoms with Gasteiger partial charge in [-0.2, -0.15) is 17.1 Å². The van der Waals surface area contributed by atoms with E-state index in [2.05, 4.69) is 20.2 Å². The molecular formula is C17H18N5O2S2Y-. The van der Waals surface area contributed by atoms with Gasteiger partial charge in [-0.1, -0.05) is 19.2 Å². The van der Waals surface area contributed by atoms with E-state index in [0.29, 0.717) is 30.9 Å². The van der Waals surface area contributed by atoms with Crippen LogP contribution in [0.4, 0.5) is 5.82 Å². The molecular weight excluding hydrogens is 459 g/mol. The minimum atomic E-state index is -0.712. The smallest absolute Gasteiger partial charge is 0.327 e. The molecule has 0 aromatic carbocycles. The van der Waals surface area contributed by atoms with Crippen LogP contribution in [0.15, 0.2) is 28.9 Å². The molecule has 3 heterocycles. The SMILES string of the molecule is [C-]#[N+]C1CN(CCSc2nc[c-]s2)N(c2ccc(C(O)CC)cn2)C1=O.[Y]. The van der Waals surface area contributed by atoms with Crippen molar-refractivity contribution in [3.05, 3.63) is 46.9 Å².